The van der Waals surface area contributed by atoms with E-state index in [4.69, 9.17) is 4.74 Å². The van der Waals surface area contributed by atoms with Crippen LogP contribution in [0.3, 0.4) is 0 Å². The molecular formula is C22H27N3O3. The van der Waals surface area contributed by atoms with Gasteiger partial charge in [0.25, 0.3) is 0 Å². The van der Waals surface area contributed by atoms with Gasteiger partial charge in [-0.3, -0.25) is 4.79 Å². The van der Waals surface area contributed by atoms with Crippen molar-refractivity contribution in [3.05, 3.63) is 65.7 Å². The average Bonchev–Trinajstić information content (AvgIpc) is 3.08. The van der Waals surface area contributed by atoms with E-state index < -0.39 is 0 Å². The minimum absolute atomic E-state index is 0.00127. The van der Waals surface area contributed by atoms with Gasteiger partial charge in [-0.2, -0.15) is 0 Å². The van der Waals surface area contributed by atoms with Crippen LogP contribution in [0.25, 0.3) is 0 Å². The van der Waals surface area contributed by atoms with Crippen LogP contribution in [0.2, 0.25) is 0 Å². The highest BCUT2D eigenvalue weighted by Crippen LogP contribution is 2.25. The van der Waals surface area contributed by atoms with Crippen molar-refractivity contribution in [3.8, 4) is 5.75 Å². The molecule has 6 nitrogen and oxygen atoms in total. The lowest BCUT2D eigenvalue weighted by atomic mass is 10.1. The molecule has 0 spiro atoms. The summed E-state index contributed by atoms with van der Waals surface area (Å²) in [6.07, 6.45) is 1.07. The van der Waals surface area contributed by atoms with Gasteiger partial charge in [0.2, 0.25) is 5.91 Å². The maximum atomic E-state index is 12.4. The van der Waals surface area contributed by atoms with Crippen molar-refractivity contribution in [2.75, 3.05) is 20.2 Å². The first-order chi connectivity index (χ1) is 13.6. The Balaban J connectivity index is 1.43. The summed E-state index contributed by atoms with van der Waals surface area (Å²) >= 11 is 0. The maximum absolute atomic E-state index is 12.4. The molecule has 148 valence electrons. The predicted molar refractivity (Wildman–Crippen MR) is 108 cm³/mol. The number of hydrogen-bond acceptors (Lipinski definition) is 3. The molecule has 0 saturated carbocycles. The van der Waals surface area contributed by atoms with Crippen LogP contribution in [-0.2, 0) is 11.2 Å². The monoisotopic (exact) mass is 381 g/mol. The lowest BCUT2D eigenvalue weighted by Gasteiger charge is -2.25. The van der Waals surface area contributed by atoms with Gasteiger partial charge in [0.15, 0.2) is 0 Å². The van der Waals surface area contributed by atoms with Gasteiger partial charge < -0.3 is 20.3 Å². The Kier molecular flexibility index (Phi) is 6.53. The van der Waals surface area contributed by atoms with Crippen LogP contribution in [0.15, 0.2) is 54.6 Å². The fraction of sp³-hybridized carbons (Fsp3) is 0.364. The number of likely N-dealkylation sites (tertiary alicyclic amines) is 1. The van der Waals surface area contributed by atoms with Gasteiger partial charge in [-0.25, -0.2) is 4.79 Å². The third-order valence-corrected chi connectivity index (χ3v) is 5.10. The Labute approximate surface area is 165 Å². The summed E-state index contributed by atoms with van der Waals surface area (Å²) in [6.45, 7) is 3.08. The standard InChI is InChI=1S/C22H27N3O3/c1-16(18-6-4-3-5-7-18)25-15-19(14-21(25)26)24-22(27)23-13-12-17-8-10-20(28-2)11-9-17/h3-11,16,19H,12-15H2,1-2H3,(H2,23,24,27). The SMILES string of the molecule is COc1ccc(CCNC(=O)NC2CC(=O)N(C(C)c3ccccc3)C2)cc1. The first-order valence-electron chi connectivity index (χ1n) is 9.58. The van der Waals surface area contributed by atoms with E-state index in [2.05, 4.69) is 10.6 Å². The molecule has 0 aromatic heterocycles. The van der Waals surface area contributed by atoms with Gasteiger partial charge in [0.05, 0.1) is 19.2 Å². The van der Waals surface area contributed by atoms with Gasteiger partial charge in [0.1, 0.15) is 5.75 Å². The summed E-state index contributed by atoms with van der Waals surface area (Å²) in [5.74, 6) is 0.884. The zero-order valence-corrected chi connectivity index (χ0v) is 16.4. The van der Waals surface area contributed by atoms with Crippen LogP contribution >= 0.6 is 0 Å². The Morgan fingerprint density at radius 1 is 1.18 bits per heavy atom. The van der Waals surface area contributed by atoms with E-state index in [1.807, 2.05) is 66.4 Å². The molecule has 28 heavy (non-hydrogen) atoms. The number of urea groups is 1. The Morgan fingerprint density at radius 3 is 2.57 bits per heavy atom. The Bertz CT molecular complexity index is 792. The number of rotatable bonds is 7. The highest BCUT2D eigenvalue weighted by atomic mass is 16.5. The van der Waals surface area contributed by atoms with E-state index in [1.54, 1.807) is 7.11 Å². The molecule has 3 amide bonds. The van der Waals surface area contributed by atoms with Crippen LogP contribution in [0.4, 0.5) is 4.79 Å². The second kappa shape index (κ2) is 9.26. The highest BCUT2D eigenvalue weighted by Gasteiger charge is 2.33. The van der Waals surface area contributed by atoms with E-state index in [-0.39, 0.29) is 24.0 Å². The second-order valence-corrected chi connectivity index (χ2v) is 7.03. The van der Waals surface area contributed by atoms with Crippen molar-refractivity contribution in [2.45, 2.75) is 31.8 Å². The molecule has 1 aliphatic rings. The minimum atomic E-state index is -0.236. The molecule has 2 aromatic rings. The largest absolute Gasteiger partial charge is 0.497 e. The van der Waals surface area contributed by atoms with E-state index in [9.17, 15) is 9.59 Å². The van der Waals surface area contributed by atoms with Gasteiger partial charge in [-0.1, -0.05) is 42.5 Å². The van der Waals surface area contributed by atoms with Crippen LogP contribution < -0.4 is 15.4 Å². The maximum Gasteiger partial charge on any atom is 0.315 e. The molecule has 2 unspecified atom stereocenters. The predicted octanol–water partition coefficient (Wildman–Crippen LogP) is 2.90. The van der Waals surface area contributed by atoms with Crippen molar-refractivity contribution < 1.29 is 14.3 Å². The number of nitrogens with one attached hydrogen (secondary N) is 2. The normalized spacial score (nSPS) is 17.3. The zero-order chi connectivity index (χ0) is 19.9. The molecule has 1 saturated heterocycles. The summed E-state index contributed by atoms with van der Waals surface area (Å²) in [6, 6.07) is 17.3. The minimum Gasteiger partial charge on any atom is -0.497 e. The van der Waals surface area contributed by atoms with E-state index >= 15 is 0 Å². The average molecular weight is 381 g/mol. The molecule has 6 heteroatoms. The molecule has 1 fully saturated rings. The van der Waals surface area contributed by atoms with Crippen LogP contribution in [-0.4, -0.2) is 43.1 Å². The zero-order valence-electron chi connectivity index (χ0n) is 16.4. The van der Waals surface area contributed by atoms with Crippen LogP contribution in [0.5, 0.6) is 5.75 Å². The van der Waals surface area contributed by atoms with Crippen molar-refractivity contribution >= 4 is 11.9 Å². The number of ether oxygens (including phenoxy) is 1. The number of hydrogen-bond donors (Lipinski definition) is 2. The molecule has 0 radical (unpaired) electrons. The molecule has 3 rings (SSSR count). The number of methoxy groups -OCH3 is 1. The summed E-state index contributed by atoms with van der Waals surface area (Å²) in [5, 5.41) is 5.78. The quantitative estimate of drug-likeness (QED) is 0.775. The lowest BCUT2D eigenvalue weighted by Crippen LogP contribution is -2.44. The number of carbonyl (C=O) groups is 2. The number of carbonyl (C=O) groups excluding carboxylic acids is 2. The van der Waals surface area contributed by atoms with Crippen molar-refractivity contribution in [3.63, 3.8) is 0 Å². The lowest BCUT2D eigenvalue weighted by molar-refractivity contribution is -0.129. The number of nitrogens with zero attached hydrogens (tertiary/aromatic N) is 1. The molecule has 1 heterocycles. The fourth-order valence-corrected chi connectivity index (χ4v) is 3.46. The second-order valence-electron chi connectivity index (χ2n) is 7.03. The highest BCUT2D eigenvalue weighted by molar-refractivity contribution is 5.82. The fourth-order valence-electron chi connectivity index (χ4n) is 3.46. The molecule has 0 bridgehead atoms. The van der Waals surface area contributed by atoms with E-state index in [1.165, 1.54) is 0 Å². The summed E-state index contributed by atoms with van der Waals surface area (Å²) in [4.78, 5) is 26.4. The molecule has 2 aromatic carbocycles. The van der Waals surface area contributed by atoms with E-state index in [0.29, 0.717) is 19.5 Å². The van der Waals surface area contributed by atoms with E-state index in [0.717, 1.165) is 23.3 Å². The van der Waals surface area contributed by atoms with Gasteiger partial charge in [0, 0.05) is 19.5 Å². The van der Waals surface area contributed by atoms with Gasteiger partial charge in [-0.15, -0.1) is 0 Å². The van der Waals surface area contributed by atoms with Crippen LogP contribution in [0, 0.1) is 0 Å². The first kappa shape index (κ1) is 19.7. The molecule has 2 N–H and O–H groups in total. The summed E-state index contributed by atoms with van der Waals surface area (Å²) < 4.78 is 5.14. The third kappa shape index (κ3) is 5.03. The first-order valence-corrected chi connectivity index (χ1v) is 9.58. The van der Waals surface area contributed by atoms with Gasteiger partial charge >= 0.3 is 6.03 Å². The molecular weight excluding hydrogens is 354 g/mol. The van der Waals surface area contributed by atoms with Crippen molar-refractivity contribution in [1.29, 1.82) is 0 Å². The van der Waals surface area contributed by atoms with Crippen molar-refractivity contribution in [2.24, 2.45) is 0 Å². The molecule has 0 aliphatic carbocycles. The third-order valence-electron chi connectivity index (χ3n) is 5.10. The summed E-state index contributed by atoms with van der Waals surface area (Å²) in [5.41, 5.74) is 2.22. The van der Waals surface area contributed by atoms with Gasteiger partial charge in [-0.05, 0) is 36.6 Å². The number of amides is 3. The van der Waals surface area contributed by atoms with Crippen molar-refractivity contribution in [1.82, 2.24) is 15.5 Å². The number of benzene rings is 2. The Hall–Kier alpha value is -3.02. The topological polar surface area (TPSA) is 70.7 Å². The Morgan fingerprint density at radius 2 is 1.89 bits per heavy atom. The smallest absolute Gasteiger partial charge is 0.315 e. The summed E-state index contributed by atoms with van der Waals surface area (Å²) in [7, 11) is 1.64. The van der Waals surface area contributed by atoms with Crippen LogP contribution in [0.1, 0.15) is 30.5 Å². The molecule has 2 atom stereocenters. The molecule has 1 aliphatic heterocycles.